The van der Waals surface area contributed by atoms with E-state index >= 15 is 0 Å². The molecule has 0 aliphatic carbocycles. The van der Waals surface area contributed by atoms with Gasteiger partial charge in [0.15, 0.2) is 0 Å². The topological polar surface area (TPSA) is 76.8 Å². The molecule has 0 radical (unpaired) electrons. The zero-order valence-corrected chi connectivity index (χ0v) is 9.85. The van der Waals surface area contributed by atoms with Crippen LogP contribution in [0.1, 0.15) is 16.8 Å². The van der Waals surface area contributed by atoms with Gasteiger partial charge in [-0.05, 0) is 13.0 Å². The van der Waals surface area contributed by atoms with Gasteiger partial charge in [0.2, 0.25) is 0 Å². The number of aliphatic carboxylic acids is 1. The summed E-state index contributed by atoms with van der Waals surface area (Å²) in [4.78, 5) is 14.0. The van der Waals surface area contributed by atoms with Crippen molar-refractivity contribution in [1.82, 2.24) is 4.98 Å². The lowest BCUT2D eigenvalue weighted by Gasteiger charge is -2.12. The number of hydrogen-bond acceptors (Lipinski definition) is 5. The van der Waals surface area contributed by atoms with Crippen molar-refractivity contribution in [3.63, 3.8) is 0 Å². The summed E-state index contributed by atoms with van der Waals surface area (Å²) in [6.07, 6.45) is -4.68. The van der Waals surface area contributed by atoms with Gasteiger partial charge in [-0.3, -0.25) is 0 Å². The summed E-state index contributed by atoms with van der Waals surface area (Å²) in [6.45, 7) is 1.33. The largest absolute Gasteiger partial charge is 0.549 e. The van der Waals surface area contributed by atoms with Crippen LogP contribution in [0.5, 0.6) is 0 Å². The average molecular weight is 275 g/mol. The van der Waals surface area contributed by atoms with E-state index in [1.54, 1.807) is 0 Å². The monoisotopic (exact) mass is 275 g/mol. The quantitative estimate of drug-likeness (QED) is 0.773. The molecule has 0 aromatic carbocycles. The molecule has 0 atom stereocenters. The number of carbonyl (C=O) groups excluding carboxylic acids is 1. The Balaban J connectivity index is 3.30. The lowest BCUT2D eigenvalue weighted by atomic mass is 10.1. The first-order valence-corrected chi connectivity index (χ1v) is 5.56. The highest BCUT2D eigenvalue weighted by molar-refractivity contribution is 7.99. The molecule has 0 saturated carbocycles. The number of carboxylic acids is 1. The predicted molar refractivity (Wildman–Crippen MR) is 54.4 cm³/mol. The second-order valence-corrected chi connectivity index (χ2v) is 4.23. The standard InChI is InChI=1S/C10H7F3N2O2S/c1-5-2-7(10(11,12)13)6(3-14)9(15-5)18-4-8(16)17/h2H,4H2,1H3,(H,16,17)/p-1. The van der Waals surface area contributed by atoms with Crippen LogP contribution in [0, 0.1) is 18.3 Å². The van der Waals surface area contributed by atoms with Crippen molar-refractivity contribution >= 4 is 17.7 Å². The average Bonchev–Trinajstić information content (AvgIpc) is 2.24. The summed E-state index contributed by atoms with van der Waals surface area (Å²) in [6, 6.07) is 2.16. The molecule has 0 bridgehead atoms. The van der Waals surface area contributed by atoms with Gasteiger partial charge in [-0.2, -0.15) is 18.4 Å². The van der Waals surface area contributed by atoms with Crippen LogP contribution in [0.4, 0.5) is 13.2 Å². The van der Waals surface area contributed by atoms with Crippen molar-refractivity contribution in [2.75, 3.05) is 5.75 Å². The normalized spacial score (nSPS) is 11.1. The number of pyridine rings is 1. The Kier molecular flexibility index (Phi) is 4.19. The van der Waals surface area contributed by atoms with Gasteiger partial charge >= 0.3 is 6.18 Å². The number of halogens is 3. The third kappa shape index (κ3) is 3.37. The molecule has 1 aromatic rings. The fourth-order valence-electron chi connectivity index (χ4n) is 1.21. The molecule has 1 rings (SSSR count). The molecule has 1 heterocycles. The van der Waals surface area contributed by atoms with Crippen molar-refractivity contribution in [2.24, 2.45) is 0 Å². The van der Waals surface area contributed by atoms with E-state index in [9.17, 15) is 23.1 Å². The number of alkyl halides is 3. The molecule has 96 valence electrons. The number of carbonyl (C=O) groups is 1. The van der Waals surface area contributed by atoms with Gasteiger partial charge in [0.1, 0.15) is 11.1 Å². The van der Waals surface area contributed by atoms with Crippen LogP contribution in [0.3, 0.4) is 0 Å². The van der Waals surface area contributed by atoms with E-state index < -0.39 is 29.0 Å². The minimum Gasteiger partial charge on any atom is -0.549 e. The highest BCUT2D eigenvalue weighted by atomic mass is 32.2. The Morgan fingerprint density at radius 3 is 2.67 bits per heavy atom. The zero-order valence-electron chi connectivity index (χ0n) is 9.04. The number of aromatic nitrogens is 1. The molecule has 4 nitrogen and oxygen atoms in total. The molecule has 0 N–H and O–H groups in total. The smallest absolute Gasteiger partial charge is 0.417 e. The number of thioether (sulfide) groups is 1. The molecular weight excluding hydrogens is 269 g/mol. The molecule has 0 unspecified atom stereocenters. The minimum atomic E-state index is -4.68. The molecular formula is C10H6F3N2O2S-. The molecule has 0 aliphatic heterocycles. The maximum Gasteiger partial charge on any atom is 0.417 e. The van der Waals surface area contributed by atoms with E-state index in [1.807, 2.05) is 0 Å². The summed E-state index contributed by atoms with van der Waals surface area (Å²) >= 11 is 0.529. The Bertz CT molecular complexity index is 523. The van der Waals surface area contributed by atoms with Crippen LogP contribution in [0.15, 0.2) is 11.1 Å². The molecule has 8 heteroatoms. The van der Waals surface area contributed by atoms with E-state index in [0.29, 0.717) is 11.8 Å². The number of rotatable bonds is 3. The Morgan fingerprint density at radius 1 is 1.61 bits per heavy atom. The first kappa shape index (κ1) is 14.3. The third-order valence-electron chi connectivity index (χ3n) is 1.86. The summed E-state index contributed by atoms with van der Waals surface area (Å²) in [5, 5.41) is 18.8. The van der Waals surface area contributed by atoms with Gasteiger partial charge in [0, 0.05) is 11.4 Å². The maximum absolute atomic E-state index is 12.7. The minimum absolute atomic E-state index is 0.0576. The van der Waals surface area contributed by atoms with Crippen molar-refractivity contribution < 1.29 is 23.1 Å². The van der Waals surface area contributed by atoms with E-state index in [1.165, 1.54) is 13.0 Å². The van der Waals surface area contributed by atoms with Gasteiger partial charge in [-0.1, -0.05) is 11.8 Å². The number of nitrogens with zero attached hydrogens (tertiary/aromatic N) is 2. The Hall–Kier alpha value is -1.75. The fourth-order valence-corrected chi connectivity index (χ4v) is 1.97. The second kappa shape index (κ2) is 5.27. The van der Waals surface area contributed by atoms with Gasteiger partial charge in [-0.25, -0.2) is 4.98 Å². The van der Waals surface area contributed by atoms with Crippen LogP contribution < -0.4 is 5.11 Å². The van der Waals surface area contributed by atoms with Crippen LogP contribution in [0.2, 0.25) is 0 Å². The molecule has 0 aliphatic rings. The van der Waals surface area contributed by atoms with Crippen molar-refractivity contribution in [2.45, 2.75) is 18.1 Å². The summed E-state index contributed by atoms with van der Waals surface area (Å²) in [7, 11) is 0. The molecule has 1 aromatic heterocycles. The first-order valence-electron chi connectivity index (χ1n) is 4.57. The van der Waals surface area contributed by atoms with E-state index in [4.69, 9.17) is 5.26 Å². The highest BCUT2D eigenvalue weighted by Crippen LogP contribution is 2.35. The van der Waals surface area contributed by atoms with Gasteiger partial charge in [0.25, 0.3) is 0 Å². The molecule has 0 fully saturated rings. The lowest BCUT2D eigenvalue weighted by molar-refractivity contribution is -0.301. The fraction of sp³-hybridized carbons (Fsp3) is 0.300. The maximum atomic E-state index is 12.7. The molecule has 0 amide bonds. The van der Waals surface area contributed by atoms with Crippen molar-refractivity contribution in [3.8, 4) is 6.07 Å². The summed E-state index contributed by atoms with van der Waals surface area (Å²) in [5.41, 5.74) is -1.72. The van der Waals surface area contributed by atoms with Gasteiger partial charge in [-0.15, -0.1) is 0 Å². The van der Waals surface area contributed by atoms with Crippen molar-refractivity contribution in [3.05, 3.63) is 22.9 Å². The number of aryl methyl sites for hydroxylation is 1. The van der Waals surface area contributed by atoms with Crippen LogP contribution in [-0.4, -0.2) is 16.7 Å². The van der Waals surface area contributed by atoms with Crippen LogP contribution in [0.25, 0.3) is 0 Å². The summed E-state index contributed by atoms with van der Waals surface area (Å²) in [5.74, 6) is -2.01. The molecule has 18 heavy (non-hydrogen) atoms. The zero-order chi connectivity index (χ0) is 13.9. The van der Waals surface area contributed by atoms with Crippen molar-refractivity contribution in [1.29, 1.82) is 5.26 Å². The Morgan fingerprint density at radius 2 is 2.22 bits per heavy atom. The SMILES string of the molecule is Cc1cc(C(F)(F)F)c(C#N)c(SCC(=O)[O-])n1. The van der Waals surface area contributed by atoms with Gasteiger partial charge < -0.3 is 9.90 Å². The number of nitriles is 1. The third-order valence-corrected chi connectivity index (χ3v) is 2.81. The van der Waals surface area contributed by atoms with Crippen LogP contribution >= 0.6 is 11.8 Å². The van der Waals surface area contributed by atoms with E-state index in [0.717, 1.165) is 6.07 Å². The van der Waals surface area contributed by atoms with Gasteiger partial charge in [0.05, 0.1) is 17.1 Å². The lowest BCUT2D eigenvalue weighted by Crippen LogP contribution is -2.24. The van der Waals surface area contributed by atoms with Crippen LogP contribution in [-0.2, 0) is 11.0 Å². The summed E-state index contributed by atoms with van der Waals surface area (Å²) < 4.78 is 38.0. The first-order chi connectivity index (χ1) is 8.25. The number of carboxylic acid groups (broad SMARTS) is 1. The predicted octanol–water partition coefficient (Wildman–Crippen LogP) is 1.12. The highest BCUT2D eigenvalue weighted by Gasteiger charge is 2.35. The van der Waals surface area contributed by atoms with E-state index in [2.05, 4.69) is 4.98 Å². The van der Waals surface area contributed by atoms with E-state index in [-0.39, 0.29) is 10.7 Å². The Labute approximate surface area is 104 Å². The number of hydrogen-bond donors (Lipinski definition) is 0. The molecule has 0 spiro atoms. The second-order valence-electron chi connectivity index (χ2n) is 3.26. The molecule has 0 saturated heterocycles.